The van der Waals surface area contributed by atoms with E-state index in [-0.39, 0.29) is 65.5 Å². The zero-order valence-electron chi connectivity index (χ0n) is 65.5. The number of hydrogen-bond donors (Lipinski definition) is 9. The van der Waals surface area contributed by atoms with Gasteiger partial charge in [0.25, 0.3) is 0 Å². The van der Waals surface area contributed by atoms with Crippen LogP contribution in [-0.4, -0.2) is 211 Å². The van der Waals surface area contributed by atoms with Crippen LogP contribution in [-0.2, 0) is 42.6 Å². The Morgan fingerprint density at radius 2 is 0.748 bits per heavy atom. The molecular formula is C83H79FN18O21. The van der Waals surface area contributed by atoms with Crippen LogP contribution >= 0.6 is 0 Å². The van der Waals surface area contributed by atoms with Crippen molar-refractivity contribution in [2.75, 3.05) is 55.4 Å². The number of imidazole rings is 3. The van der Waals surface area contributed by atoms with Gasteiger partial charge < -0.3 is 88.1 Å². The summed E-state index contributed by atoms with van der Waals surface area (Å²) in [6.07, 6.45) is 2.41. The number of ether oxygens (including phenoxy) is 12. The Morgan fingerprint density at radius 3 is 1.15 bits per heavy atom. The van der Waals surface area contributed by atoms with E-state index in [1.807, 2.05) is 117 Å². The van der Waals surface area contributed by atoms with Gasteiger partial charge in [-0.05, 0) is 68.8 Å². The highest BCUT2D eigenvalue weighted by atomic mass is 19.1. The average Bonchev–Trinajstić information content (AvgIpc) is 1.60. The fraction of sp³-hybridized carbons (Fsp3) is 0.289. The number of aromatic nitrogens is 12. The molecule has 0 bridgehead atoms. The van der Waals surface area contributed by atoms with E-state index >= 15 is 0 Å². The van der Waals surface area contributed by atoms with Gasteiger partial charge >= 0.3 is 36.0 Å². The van der Waals surface area contributed by atoms with E-state index in [1.54, 1.807) is 69.7 Å². The Hall–Kier alpha value is -14.1. The van der Waals surface area contributed by atoms with Crippen LogP contribution in [0, 0.1) is 5.82 Å². The molecule has 0 aliphatic carbocycles. The van der Waals surface area contributed by atoms with Crippen LogP contribution in [0.15, 0.2) is 202 Å². The number of rotatable bonds is 25. The van der Waals surface area contributed by atoms with E-state index in [0.29, 0.717) is 53.1 Å². The van der Waals surface area contributed by atoms with Crippen molar-refractivity contribution < 1.29 is 105 Å². The minimum absolute atomic E-state index is 0.00600. The zero-order valence-corrected chi connectivity index (χ0v) is 65.5. The number of halogens is 1. The second-order valence-electron chi connectivity index (χ2n) is 28.0. The third kappa shape index (κ3) is 17.9. The molecule has 123 heavy (non-hydrogen) atoms. The van der Waals surface area contributed by atoms with E-state index in [1.165, 1.54) is 49.6 Å². The molecule has 12 aromatic rings. The molecule has 6 aliphatic rings. The summed E-state index contributed by atoms with van der Waals surface area (Å²) in [5, 5.41) is 44.6. The number of amides is 6. The number of fused-ring (bicyclic) bond motifs is 6. The van der Waals surface area contributed by atoms with Crippen molar-refractivity contribution in [2.24, 2.45) is 0 Å². The Bertz CT molecular complexity index is 5840. The van der Waals surface area contributed by atoms with Crippen molar-refractivity contribution in [1.29, 1.82) is 0 Å². The smallest absolute Gasteiger partial charge is 0.339 e. The van der Waals surface area contributed by atoms with Crippen molar-refractivity contribution in [2.45, 2.75) is 113 Å². The number of carboxylic acids is 3. The first kappa shape index (κ1) is 82.6. The number of urea groups is 3. The predicted molar refractivity (Wildman–Crippen MR) is 429 cm³/mol. The molecule has 6 aromatic heterocycles. The standard InChI is InChI=1S/C29H28N6O7.C27H25FN6O7.C27H26N6O7/c1-2-30-29(38)34-25-22-26(32-15-31-25)35(16-33-22)27-24-23(41-21(42-24)13-12-17-8-4-3-5-9-17)20(40-27)14-39-19-11-7-6-10-18(19)28(36)37;1-2-29-27(37)33-22-18-23(31-12-30-22)34(13-32-18)24-21-20(40-26(41-21)14-7-4-3-5-8-14)17(39-24)11-38-19-15(25(35)36)9-6-10-16(19)28;1-2-28-27(36)32-22-19-23(30-13-29-22)33(14-31-19)24-21-20(39-26(40-21)15-8-4-3-5-9-15)18(38-24)12-37-17-11-7-6-10-16(17)25(34)35/h3-13,15-16,20-21,23-24,27H,2,14H2,1H3,(H,36,37)(H2,30,31,32,34,38);3-10,12-13,17,20-21,24,26H,2,11H2,1H3,(H,35,36)(H2,29,30,31,33,37);3-11,13-14,18,20-21,24,26H,2,12H2,1H3,(H,34,35)(H2,28,29,30,32,36)/b13-12+;;/t20?,21-,23?,24?,27?;17?,20?,21?,24?,26-;18?,20?,21?,24?,26-/m000/s1. The summed E-state index contributed by atoms with van der Waals surface area (Å²) < 4.78 is 94.0. The normalized spacial score (nSPS) is 23.4. The Balaban J connectivity index is 0.000000137. The molecule has 39 nitrogen and oxygen atoms in total. The highest BCUT2D eigenvalue weighted by molar-refractivity contribution is 5.98. The summed E-state index contributed by atoms with van der Waals surface area (Å²) in [6.45, 7) is 6.53. The van der Waals surface area contributed by atoms with Crippen LogP contribution in [0.1, 0.15) is 99.8 Å². The van der Waals surface area contributed by atoms with Crippen LogP contribution in [0.3, 0.4) is 0 Å². The molecule has 18 rings (SSSR count). The third-order valence-electron chi connectivity index (χ3n) is 20.2. The van der Waals surface area contributed by atoms with Crippen LogP contribution in [0.5, 0.6) is 17.2 Å². The highest BCUT2D eigenvalue weighted by Crippen LogP contribution is 2.48. The van der Waals surface area contributed by atoms with Crippen molar-refractivity contribution in [3.05, 3.63) is 241 Å². The van der Waals surface area contributed by atoms with Crippen LogP contribution in [0.4, 0.5) is 36.2 Å². The molecule has 12 heterocycles. The van der Waals surface area contributed by atoms with Gasteiger partial charge in [0.1, 0.15) is 122 Å². The molecule has 12 unspecified atom stereocenters. The summed E-state index contributed by atoms with van der Waals surface area (Å²) in [5.74, 6) is -3.58. The number of carbonyl (C=O) groups excluding carboxylic acids is 3. The maximum atomic E-state index is 14.5. The molecule has 634 valence electrons. The molecule has 6 aliphatic heterocycles. The Labute approximate surface area is 696 Å². The lowest BCUT2D eigenvalue weighted by Gasteiger charge is -2.22. The van der Waals surface area contributed by atoms with Crippen molar-refractivity contribution in [3.63, 3.8) is 0 Å². The number of nitrogens with one attached hydrogen (secondary N) is 6. The van der Waals surface area contributed by atoms with Gasteiger partial charge in [-0.15, -0.1) is 0 Å². The zero-order chi connectivity index (χ0) is 85.2. The molecule has 0 spiro atoms. The lowest BCUT2D eigenvalue weighted by molar-refractivity contribution is -0.152. The number of anilines is 3. The first-order chi connectivity index (χ1) is 60.0. The van der Waals surface area contributed by atoms with Crippen molar-refractivity contribution in [3.8, 4) is 17.2 Å². The van der Waals surface area contributed by atoms with Gasteiger partial charge in [-0.3, -0.25) is 29.7 Å². The van der Waals surface area contributed by atoms with Gasteiger partial charge in [-0.25, -0.2) is 78.0 Å². The van der Waals surface area contributed by atoms with Gasteiger partial charge in [0.2, 0.25) is 0 Å². The van der Waals surface area contributed by atoms with E-state index in [9.17, 15) is 48.5 Å². The van der Waals surface area contributed by atoms with E-state index in [2.05, 4.69) is 76.8 Å². The number of carboxylic acid groups (broad SMARTS) is 3. The number of hydrogen-bond acceptors (Lipinski definition) is 27. The third-order valence-corrected chi connectivity index (χ3v) is 20.2. The largest absolute Gasteiger partial charge is 0.490 e. The van der Waals surface area contributed by atoms with Gasteiger partial charge in [0, 0.05) is 30.8 Å². The quantitative estimate of drug-likeness (QED) is 0.0257. The van der Waals surface area contributed by atoms with E-state index in [4.69, 9.17) is 56.8 Å². The van der Waals surface area contributed by atoms with Crippen LogP contribution in [0.2, 0.25) is 0 Å². The highest BCUT2D eigenvalue weighted by Gasteiger charge is 2.57. The first-order valence-electron chi connectivity index (χ1n) is 38.9. The van der Waals surface area contributed by atoms with E-state index < -0.39 is 140 Å². The summed E-state index contributed by atoms with van der Waals surface area (Å²) >= 11 is 0. The summed E-state index contributed by atoms with van der Waals surface area (Å²) in [6, 6.07) is 43.8. The Morgan fingerprint density at radius 1 is 0.398 bits per heavy atom. The number of para-hydroxylation sites is 3. The van der Waals surface area contributed by atoms with Gasteiger partial charge in [-0.1, -0.05) is 127 Å². The number of nitrogens with zero attached hydrogens (tertiary/aromatic N) is 12. The molecule has 9 N–H and O–H groups in total. The van der Waals surface area contributed by atoms with Gasteiger partial charge in [0.15, 0.2) is 100 Å². The first-order valence-corrected chi connectivity index (χ1v) is 38.9. The maximum absolute atomic E-state index is 14.5. The Kier molecular flexibility index (Phi) is 25.0. The summed E-state index contributed by atoms with van der Waals surface area (Å²) in [5.41, 5.74) is 4.69. The SMILES string of the molecule is CCNC(=O)Nc1ncnc2c1ncn2C1OC(COc2c(F)cccc2C(=O)O)C2O[C@H](c3ccccc3)OC21.CCNC(=O)Nc1ncnc2c1ncn2C1OC(COc2ccccc2C(=O)O)C2O[C@H](/C=C/c3ccccc3)OC21.CCNC(=O)Nc1ncnc2c1ncn2C1OC(COc2ccccc2C(=O)O)C2O[C@H](c3ccccc3)OC21. The summed E-state index contributed by atoms with van der Waals surface area (Å²) in [7, 11) is 0. The molecule has 40 heteroatoms. The molecule has 15 atom stereocenters. The second-order valence-corrected chi connectivity index (χ2v) is 28.0. The second kappa shape index (κ2) is 37.3. The molecule has 6 amide bonds. The molecule has 0 radical (unpaired) electrons. The number of aromatic carboxylic acids is 3. The summed E-state index contributed by atoms with van der Waals surface area (Å²) in [4.78, 5) is 110. The predicted octanol–water partition coefficient (Wildman–Crippen LogP) is 9.86. The number of carbonyl (C=O) groups is 6. The molecule has 0 saturated carbocycles. The lowest BCUT2D eigenvalue weighted by Crippen LogP contribution is -2.33. The van der Waals surface area contributed by atoms with Gasteiger partial charge in [0.05, 0.1) is 19.0 Å². The molecule has 6 saturated heterocycles. The van der Waals surface area contributed by atoms with Crippen LogP contribution in [0.25, 0.3) is 39.6 Å². The average molecular weight is 1680 g/mol. The van der Waals surface area contributed by atoms with Gasteiger partial charge in [-0.2, -0.15) is 0 Å². The number of benzene rings is 6. The molecule has 6 aromatic carbocycles. The van der Waals surface area contributed by atoms with E-state index in [0.717, 1.165) is 22.8 Å². The van der Waals surface area contributed by atoms with Crippen LogP contribution < -0.4 is 46.1 Å². The fourth-order valence-electron chi connectivity index (χ4n) is 14.7. The lowest BCUT2D eigenvalue weighted by atomic mass is 10.1. The fourth-order valence-corrected chi connectivity index (χ4v) is 14.7. The minimum atomic E-state index is -1.33. The topological polar surface area (TPSA) is 477 Å². The monoisotopic (exact) mass is 1680 g/mol. The van der Waals surface area contributed by atoms with Crippen molar-refractivity contribution >= 4 is 93.0 Å². The minimum Gasteiger partial charge on any atom is -0.490 e. The maximum Gasteiger partial charge on any atom is 0.339 e. The molecular weight excluding hydrogens is 1600 g/mol. The molecule has 6 fully saturated rings. The van der Waals surface area contributed by atoms with Crippen molar-refractivity contribution in [1.82, 2.24) is 74.5 Å².